The van der Waals surface area contributed by atoms with E-state index in [9.17, 15) is 4.79 Å². The molecule has 0 spiro atoms. The minimum absolute atomic E-state index is 0.0641. The smallest absolute Gasteiger partial charge is 0.410 e. The number of anilines is 2. The number of hydrogen-bond donors (Lipinski definition) is 1. The summed E-state index contributed by atoms with van der Waals surface area (Å²) >= 11 is 7.16. The van der Waals surface area contributed by atoms with Crippen LogP contribution < -0.4 is 20.4 Å². The van der Waals surface area contributed by atoms with Crippen LogP contribution in [0, 0.1) is 13.8 Å². The molecule has 11 heteroatoms. The molecule has 2 aliphatic heterocycles. The Hall–Kier alpha value is -3.00. The van der Waals surface area contributed by atoms with Gasteiger partial charge < -0.3 is 24.8 Å². The Labute approximate surface area is 262 Å². The van der Waals surface area contributed by atoms with Crippen LogP contribution in [0.15, 0.2) is 23.2 Å². The van der Waals surface area contributed by atoms with E-state index in [1.165, 1.54) is 0 Å². The third-order valence-electron chi connectivity index (χ3n) is 8.26. The Kier molecular flexibility index (Phi) is 8.90. The van der Waals surface area contributed by atoms with Crippen molar-refractivity contribution in [2.24, 2.45) is 4.99 Å². The fourth-order valence-corrected chi connectivity index (χ4v) is 6.81. The first-order valence-corrected chi connectivity index (χ1v) is 15.8. The van der Waals surface area contributed by atoms with Crippen LogP contribution in [0.4, 0.5) is 16.6 Å². The van der Waals surface area contributed by atoms with Gasteiger partial charge >= 0.3 is 6.09 Å². The molecule has 2 aliphatic rings. The molecule has 43 heavy (non-hydrogen) atoms. The van der Waals surface area contributed by atoms with Crippen LogP contribution in [0.1, 0.15) is 44.4 Å². The maximum absolute atomic E-state index is 12.9. The van der Waals surface area contributed by atoms with Crippen molar-refractivity contribution >= 4 is 61.1 Å². The van der Waals surface area contributed by atoms with E-state index in [-0.39, 0.29) is 12.1 Å². The van der Waals surface area contributed by atoms with Crippen molar-refractivity contribution in [1.29, 1.82) is 0 Å². The highest BCUT2D eigenvalue weighted by Crippen LogP contribution is 2.39. The molecule has 3 heterocycles. The van der Waals surface area contributed by atoms with Gasteiger partial charge in [0.05, 0.1) is 5.52 Å². The highest BCUT2D eigenvalue weighted by Gasteiger charge is 2.34. The molecule has 1 aromatic heterocycles. The summed E-state index contributed by atoms with van der Waals surface area (Å²) in [5, 5.41) is 5.79. The van der Waals surface area contributed by atoms with Crippen LogP contribution in [-0.2, 0) is 4.74 Å². The zero-order valence-corrected chi connectivity index (χ0v) is 28.4. The zero-order valence-electron chi connectivity index (χ0n) is 26.5. The lowest BCUT2D eigenvalue weighted by Crippen LogP contribution is -2.58. The monoisotopic (exact) mass is 623 g/mol. The number of aryl methyl sites for hydroxylation is 2. The number of halogens is 1. The van der Waals surface area contributed by atoms with Crippen molar-refractivity contribution in [3.8, 4) is 11.1 Å². The first kappa shape index (κ1) is 31.4. The van der Waals surface area contributed by atoms with E-state index >= 15 is 0 Å². The summed E-state index contributed by atoms with van der Waals surface area (Å²) in [4.78, 5) is 33.8. The molecule has 2 atom stereocenters. The number of amides is 1. The highest BCUT2D eigenvalue weighted by molar-refractivity contribution is 7.29. The van der Waals surface area contributed by atoms with E-state index in [0.29, 0.717) is 36.6 Å². The number of aromatic nitrogens is 2. The fourth-order valence-electron chi connectivity index (χ4n) is 5.89. The molecule has 2 unspecified atom stereocenters. The number of benzene rings is 2. The van der Waals surface area contributed by atoms with E-state index in [2.05, 4.69) is 62.3 Å². The number of rotatable bonds is 5. The zero-order chi connectivity index (χ0) is 31.2. The Morgan fingerprint density at radius 2 is 1.81 bits per heavy atom. The Morgan fingerprint density at radius 1 is 1.12 bits per heavy atom. The number of hydrogen-bond acceptors (Lipinski definition) is 8. The number of nitrogens with zero attached hydrogens (tertiary/aromatic N) is 6. The Balaban J connectivity index is 1.63. The van der Waals surface area contributed by atoms with Gasteiger partial charge in [0.25, 0.3) is 0 Å². The molecule has 2 fully saturated rings. The molecule has 2 saturated heterocycles. The Morgan fingerprint density at radius 3 is 2.44 bits per heavy atom. The van der Waals surface area contributed by atoms with Crippen LogP contribution in [0.25, 0.3) is 22.0 Å². The van der Waals surface area contributed by atoms with Gasteiger partial charge in [0.15, 0.2) is 0 Å². The summed E-state index contributed by atoms with van der Waals surface area (Å²) in [5.41, 5.74) is 5.59. The van der Waals surface area contributed by atoms with E-state index < -0.39 is 5.60 Å². The van der Waals surface area contributed by atoms with E-state index in [0.717, 1.165) is 62.9 Å². The van der Waals surface area contributed by atoms with Crippen molar-refractivity contribution in [3.63, 3.8) is 0 Å². The van der Waals surface area contributed by atoms with Crippen LogP contribution in [0.3, 0.4) is 0 Å². The molecule has 1 N–H and O–H groups in total. The van der Waals surface area contributed by atoms with Crippen LogP contribution in [0.2, 0.25) is 5.02 Å². The van der Waals surface area contributed by atoms with Crippen molar-refractivity contribution in [2.75, 3.05) is 56.6 Å². The molecule has 3 aromatic rings. The van der Waals surface area contributed by atoms with Crippen LogP contribution in [-0.4, -0.2) is 91.7 Å². The summed E-state index contributed by atoms with van der Waals surface area (Å²) < 4.78 is 5.68. The lowest BCUT2D eigenvalue weighted by molar-refractivity contribution is 0.0159. The largest absolute Gasteiger partial charge is 0.444 e. The van der Waals surface area contributed by atoms with Gasteiger partial charge in [-0.2, -0.15) is 4.98 Å². The van der Waals surface area contributed by atoms with E-state index in [4.69, 9.17) is 26.3 Å². The number of carbonyl (C=O) groups is 1. The van der Waals surface area contributed by atoms with Crippen molar-refractivity contribution in [3.05, 3.63) is 39.9 Å². The summed E-state index contributed by atoms with van der Waals surface area (Å²) in [6.45, 7) is 15.4. The standard InChI is InChI=1S/C32H43ClN7O2P/c1-18-9-10-19(2)25(23(18)14-34-7)26-24(33)13-22-27(28(26)43)36-30(39-16-21(17-39)35-8)37-29(22)38-11-12-40(20(3)15-38)31(41)42-32(4,5)6/h9-10,13-14,20-21,35H,11-12,15-17,43H2,1-8H3/b34-14-. The molecule has 230 valence electrons. The summed E-state index contributed by atoms with van der Waals surface area (Å²) in [5.74, 6) is 1.53. The van der Waals surface area contributed by atoms with Gasteiger partial charge in [-0.3, -0.25) is 4.99 Å². The lowest BCUT2D eigenvalue weighted by Gasteiger charge is -2.42. The second-order valence-electron chi connectivity index (χ2n) is 12.6. The molecule has 0 radical (unpaired) electrons. The minimum atomic E-state index is -0.545. The summed E-state index contributed by atoms with van der Waals surface area (Å²) in [6, 6.07) is 6.59. The number of carbonyl (C=O) groups excluding carboxylic acids is 1. The van der Waals surface area contributed by atoms with Gasteiger partial charge in [0.2, 0.25) is 5.95 Å². The average molecular weight is 624 g/mol. The molecule has 0 bridgehead atoms. The van der Waals surface area contributed by atoms with Crippen LogP contribution in [0.5, 0.6) is 0 Å². The SMILES string of the molecule is C/N=C\c1c(C)ccc(C)c1-c1c(Cl)cc2c(N3CCN(C(=O)OC(C)(C)C)C(C)C3)nc(N3CC(NC)C3)nc2c1P. The lowest BCUT2D eigenvalue weighted by atomic mass is 9.91. The maximum Gasteiger partial charge on any atom is 0.410 e. The second-order valence-corrected chi connectivity index (χ2v) is 13.6. The summed E-state index contributed by atoms with van der Waals surface area (Å²) in [7, 11) is 6.70. The van der Waals surface area contributed by atoms with Gasteiger partial charge in [0.1, 0.15) is 11.4 Å². The first-order valence-electron chi connectivity index (χ1n) is 14.8. The van der Waals surface area contributed by atoms with Gasteiger partial charge in [-0.25, -0.2) is 9.78 Å². The fraction of sp³-hybridized carbons (Fsp3) is 0.500. The number of piperazine rings is 1. The number of aliphatic imine (C=N–C) groups is 1. The quantitative estimate of drug-likeness (QED) is 0.317. The molecular weight excluding hydrogens is 581 g/mol. The molecular formula is C32H43ClN7O2P. The van der Waals surface area contributed by atoms with Gasteiger partial charge in [0, 0.05) is 84.9 Å². The predicted molar refractivity (Wildman–Crippen MR) is 182 cm³/mol. The van der Waals surface area contributed by atoms with Crippen LogP contribution >= 0.6 is 20.8 Å². The molecule has 2 aromatic carbocycles. The first-order chi connectivity index (χ1) is 20.3. The molecule has 0 aliphatic carbocycles. The third-order valence-corrected chi connectivity index (χ3v) is 9.12. The average Bonchev–Trinajstić information content (AvgIpc) is 2.90. The van der Waals surface area contributed by atoms with Crippen molar-refractivity contribution in [1.82, 2.24) is 20.2 Å². The van der Waals surface area contributed by atoms with Crippen molar-refractivity contribution in [2.45, 2.75) is 59.2 Å². The molecule has 5 rings (SSSR count). The number of ether oxygens (including phenoxy) is 1. The topological polar surface area (TPSA) is 86.2 Å². The molecule has 9 nitrogen and oxygen atoms in total. The van der Waals surface area contributed by atoms with E-state index in [1.807, 2.05) is 45.0 Å². The number of nitrogens with one attached hydrogen (secondary N) is 1. The number of fused-ring (bicyclic) bond motifs is 1. The maximum atomic E-state index is 12.9. The molecule has 0 saturated carbocycles. The predicted octanol–water partition coefficient (Wildman–Crippen LogP) is 4.97. The number of likely N-dealkylation sites (N-methyl/N-ethyl adjacent to an activating group) is 1. The Bertz CT molecular complexity index is 1580. The third kappa shape index (κ3) is 6.17. The van der Waals surface area contributed by atoms with Gasteiger partial charge in [-0.15, -0.1) is 9.24 Å². The van der Waals surface area contributed by atoms with Crippen molar-refractivity contribution < 1.29 is 9.53 Å². The normalized spacial score (nSPS) is 18.1. The highest BCUT2D eigenvalue weighted by atomic mass is 35.5. The van der Waals surface area contributed by atoms with E-state index in [1.54, 1.807) is 7.05 Å². The van der Waals surface area contributed by atoms with Gasteiger partial charge in [-0.1, -0.05) is 23.7 Å². The molecule has 1 amide bonds. The minimum Gasteiger partial charge on any atom is -0.444 e. The van der Waals surface area contributed by atoms with Gasteiger partial charge in [-0.05, 0) is 71.3 Å². The summed E-state index contributed by atoms with van der Waals surface area (Å²) in [6.07, 6.45) is 1.62. The second kappa shape index (κ2) is 12.2.